The Morgan fingerprint density at radius 1 is 1.19 bits per heavy atom. The van der Waals surface area contributed by atoms with Crippen molar-refractivity contribution >= 4 is 16.7 Å². The lowest BCUT2D eigenvalue weighted by Gasteiger charge is -2.29. The third-order valence-corrected chi connectivity index (χ3v) is 3.91. The maximum absolute atomic E-state index is 6.13. The van der Waals surface area contributed by atoms with Crippen LogP contribution in [0.3, 0.4) is 0 Å². The van der Waals surface area contributed by atoms with Gasteiger partial charge in [0.25, 0.3) is 0 Å². The summed E-state index contributed by atoms with van der Waals surface area (Å²) in [6.07, 6.45) is 3.68. The van der Waals surface area contributed by atoms with E-state index in [1.807, 2.05) is 12.1 Å². The van der Waals surface area contributed by atoms with Gasteiger partial charge < -0.3 is 20.1 Å². The molecule has 0 aliphatic carbocycles. The Kier molecular flexibility index (Phi) is 3.79. The summed E-state index contributed by atoms with van der Waals surface area (Å²) in [5, 5.41) is 0.793. The molecular weight excluding hydrogens is 268 g/mol. The monoisotopic (exact) mass is 288 g/mol. The number of nitrogen functional groups attached to an aromatic ring is 1. The molecule has 2 aromatic rings. The number of methoxy groups -OCH3 is 1. The Hall–Kier alpha value is -2.08. The molecule has 6 heteroatoms. The van der Waals surface area contributed by atoms with E-state index in [-0.39, 0.29) is 6.10 Å². The number of hydrogen-bond donors (Lipinski definition) is 1. The van der Waals surface area contributed by atoms with Crippen molar-refractivity contribution < 1.29 is 9.47 Å². The van der Waals surface area contributed by atoms with E-state index in [1.165, 1.54) is 6.33 Å². The van der Waals surface area contributed by atoms with Crippen molar-refractivity contribution in [2.24, 2.45) is 0 Å². The molecule has 0 atom stereocenters. The summed E-state index contributed by atoms with van der Waals surface area (Å²) < 4.78 is 11.5. The molecule has 0 unspecified atom stereocenters. The number of benzene rings is 1. The fraction of sp³-hybridized carbons (Fsp3) is 0.467. The van der Waals surface area contributed by atoms with E-state index in [1.54, 1.807) is 7.11 Å². The first kappa shape index (κ1) is 13.9. The lowest BCUT2D eigenvalue weighted by Crippen LogP contribution is -2.35. The molecule has 21 heavy (non-hydrogen) atoms. The number of rotatable bonds is 3. The number of piperidine rings is 1. The normalized spacial score (nSPS) is 17.0. The lowest BCUT2D eigenvalue weighted by molar-refractivity contribution is 0.111. The molecule has 1 saturated heterocycles. The highest BCUT2D eigenvalue weighted by atomic mass is 16.5. The zero-order valence-electron chi connectivity index (χ0n) is 12.4. The lowest BCUT2D eigenvalue weighted by atomic mass is 10.1. The van der Waals surface area contributed by atoms with Gasteiger partial charge in [-0.1, -0.05) is 0 Å². The first-order valence-corrected chi connectivity index (χ1v) is 7.11. The Morgan fingerprint density at radius 2 is 1.95 bits per heavy atom. The molecule has 0 bridgehead atoms. The van der Waals surface area contributed by atoms with Crippen LogP contribution in [-0.4, -0.2) is 48.2 Å². The van der Waals surface area contributed by atoms with Gasteiger partial charge in [-0.15, -0.1) is 0 Å². The van der Waals surface area contributed by atoms with E-state index in [0.717, 1.165) is 36.8 Å². The van der Waals surface area contributed by atoms with Crippen molar-refractivity contribution in [1.29, 1.82) is 0 Å². The number of likely N-dealkylation sites (tertiary alicyclic amines) is 1. The average molecular weight is 288 g/mol. The smallest absolute Gasteiger partial charge is 0.162 e. The van der Waals surface area contributed by atoms with Crippen molar-refractivity contribution in [3.63, 3.8) is 0 Å². The summed E-state index contributed by atoms with van der Waals surface area (Å²) >= 11 is 0. The number of aromatic nitrogens is 2. The zero-order chi connectivity index (χ0) is 14.8. The Labute approximate surface area is 123 Å². The summed E-state index contributed by atoms with van der Waals surface area (Å²) in [7, 11) is 3.76. The maximum atomic E-state index is 6.13. The van der Waals surface area contributed by atoms with Crippen LogP contribution in [0.15, 0.2) is 18.5 Å². The summed E-state index contributed by atoms with van der Waals surface area (Å²) in [4.78, 5) is 10.5. The standard InChI is InChI=1S/C15H20N4O2/c1-19-5-3-10(4-6-19)21-14-7-11-12(8-13(14)20-2)17-9-18-15(11)16/h7-10H,3-6H2,1-2H3,(H2,16,17,18). The summed E-state index contributed by atoms with van der Waals surface area (Å²) in [6.45, 7) is 2.09. The number of ether oxygens (including phenoxy) is 2. The van der Waals surface area contributed by atoms with Crippen molar-refractivity contribution in [2.45, 2.75) is 18.9 Å². The second-order valence-corrected chi connectivity index (χ2v) is 5.40. The fourth-order valence-electron chi connectivity index (χ4n) is 2.62. The highest BCUT2D eigenvalue weighted by molar-refractivity contribution is 5.90. The minimum Gasteiger partial charge on any atom is -0.493 e. The minimum absolute atomic E-state index is 0.207. The van der Waals surface area contributed by atoms with Gasteiger partial charge in [0.1, 0.15) is 18.2 Å². The SMILES string of the molecule is COc1cc2ncnc(N)c2cc1OC1CCN(C)CC1. The molecule has 3 rings (SSSR count). The number of anilines is 1. The van der Waals surface area contributed by atoms with E-state index < -0.39 is 0 Å². The first-order valence-electron chi connectivity index (χ1n) is 7.11. The second kappa shape index (κ2) is 5.73. The number of nitrogens with two attached hydrogens (primary N) is 1. The number of hydrogen-bond acceptors (Lipinski definition) is 6. The molecule has 112 valence electrons. The van der Waals surface area contributed by atoms with Crippen LogP contribution in [-0.2, 0) is 0 Å². The largest absolute Gasteiger partial charge is 0.493 e. The molecule has 6 nitrogen and oxygen atoms in total. The van der Waals surface area contributed by atoms with E-state index >= 15 is 0 Å². The second-order valence-electron chi connectivity index (χ2n) is 5.40. The predicted octanol–water partition coefficient (Wildman–Crippen LogP) is 1.69. The third kappa shape index (κ3) is 2.85. The molecule has 1 aliphatic rings. The molecular formula is C15H20N4O2. The first-order chi connectivity index (χ1) is 10.2. The van der Waals surface area contributed by atoms with Crippen LogP contribution in [0.25, 0.3) is 10.9 Å². The van der Waals surface area contributed by atoms with Crippen LogP contribution in [0.2, 0.25) is 0 Å². The van der Waals surface area contributed by atoms with Gasteiger partial charge >= 0.3 is 0 Å². The van der Waals surface area contributed by atoms with Crippen molar-refractivity contribution in [3.8, 4) is 11.5 Å². The van der Waals surface area contributed by atoms with Gasteiger partial charge in [0, 0.05) is 24.5 Å². The molecule has 2 heterocycles. The molecule has 0 spiro atoms. The van der Waals surface area contributed by atoms with Crippen LogP contribution >= 0.6 is 0 Å². The molecule has 0 radical (unpaired) electrons. The Balaban J connectivity index is 1.91. The van der Waals surface area contributed by atoms with Gasteiger partial charge in [-0.3, -0.25) is 0 Å². The van der Waals surface area contributed by atoms with E-state index in [4.69, 9.17) is 15.2 Å². The Bertz CT molecular complexity index is 639. The molecule has 1 aromatic carbocycles. The van der Waals surface area contributed by atoms with Crippen LogP contribution < -0.4 is 15.2 Å². The predicted molar refractivity (Wildman–Crippen MR) is 81.6 cm³/mol. The number of fused-ring (bicyclic) bond motifs is 1. The van der Waals surface area contributed by atoms with Gasteiger partial charge in [0.15, 0.2) is 11.5 Å². The van der Waals surface area contributed by atoms with E-state index in [9.17, 15) is 0 Å². The van der Waals surface area contributed by atoms with Gasteiger partial charge in [0.2, 0.25) is 0 Å². The molecule has 2 N–H and O–H groups in total. The summed E-state index contributed by atoms with van der Waals surface area (Å²) in [5.41, 5.74) is 6.67. The van der Waals surface area contributed by atoms with Crippen molar-refractivity contribution in [3.05, 3.63) is 18.5 Å². The van der Waals surface area contributed by atoms with E-state index in [0.29, 0.717) is 17.3 Å². The average Bonchev–Trinajstić information content (AvgIpc) is 2.50. The summed E-state index contributed by atoms with van der Waals surface area (Å²) in [5.74, 6) is 1.84. The molecule has 1 aliphatic heterocycles. The topological polar surface area (TPSA) is 73.5 Å². The van der Waals surface area contributed by atoms with Crippen LogP contribution in [0.1, 0.15) is 12.8 Å². The van der Waals surface area contributed by atoms with Gasteiger partial charge in [-0.2, -0.15) is 0 Å². The summed E-state index contributed by atoms with van der Waals surface area (Å²) in [6, 6.07) is 3.72. The molecule has 0 saturated carbocycles. The van der Waals surface area contributed by atoms with Crippen LogP contribution in [0.5, 0.6) is 11.5 Å². The minimum atomic E-state index is 0.207. The van der Waals surface area contributed by atoms with Crippen molar-refractivity contribution in [1.82, 2.24) is 14.9 Å². The molecule has 1 fully saturated rings. The molecule has 0 amide bonds. The quantitative estimate of drug-likeness (QED) is 0.926. The fourth-order valence-corrected chi connectivity index (χ4v) is 2.62. The van der Waals surface area contributed by atoms with Gasteiger partial charge in [-0.25, -0.2) is 9.97 Å². The third-order valence-electron chi connectivity index (χ3n) is 3.91. The highest BCUT2D eigenvalue weighted by Gasteiger charge is 2.20. The van der Waals surface area contributed by atoms with Gasteiger partial charge in [0.05, 0.1) is 12.6 Å². The maximum Gasteiger partial charge on any atom is 0.162 e. The van der Waals surface area contributed by atoms with Crippen molar-refractivity contribution in [2.75, 3.05) is 33.0 Å². The van der Waals surface area contributed by atoms with Crippen LogP contribution in [0, 0.1) is 0 Å². The highest BCUT2D eigenvalue weighted by Crippen LogP contribution is 2.34. The van der Waals surface area contributed by atoms with Crippen LogP contribution in [0.4, 0.5) is 5.82 Å². The Morgan fingerprint density at radius 3 is 2.67 bits per heavy atom. The zero-order valence-corrected chi connectivity index (χ0v) is 12.4. The number of nitrogens with zero attached hydrogens (tertiary/aromatic N) is 3. The van der Waals surface area contributed by atoms with Gasteiger partial charge in [-0.05, 0) is 26.0 Å². The molecule has 1 aromatic heterocycles. The van der Waals surface area contributed by atoms with E-state index in [2.05, 4.69) is 21.9 Å².